The maximum Gasteiger partial charge on any atom is 0.258 e. The van der Waals surface area contributed by atoms with Crippen molar-refractivity contribution >= 4 is 45.7 Å². The number of carbonyl (C=O) groups is 1. The SMILES string of the molecule is CN1CCN(Cc2ccc(C(=O)Nc3cc(Cl)c(-c4cc5cnccc5n(C)c4=O)c(Cl)c3)cc2)CC1. The number of anilines is 1. The number of pyridine rings is 2. The summed E-state index contributed by atoms with van der Waals surface area (Å²) in [7, 11) is 3.84. The van der Waals surface area contributed by atoms with E-state index in [0.717, 1.165) is 43.6 Å². The molecule has 1 amide bonds. The molecule has 5 rings (SSSR count). The minimum atomic E-state index is -0.265. The molecule has 2 aromatic carbocycles. The number of amides is 1. The van der Waals surface area contributed by atoms with Crippen LogP contribution in [0.4, 0.5) is 5.69 Å². The maximum atomic E-state index is 13.1. The summed E-state index contributed by atoms with van der Waals surface area (Å²) in [4.78, 5) is 34.8. The predicted molar refractivity (Wildman–Crippen MR) is 150 cm³/mol. The summed E-state index contributed by atoms with van der Waals surface area (Å²) in [5.74, 6) is -0.265. The van der Waals surface area contributed by atoms with Crippen molar-refractivity contribution in [2.24, 2.45) is 7.05 Å². The highest BCUT2D eigenvalue weighted by molar-refractivity contribution is 6.39. The quantitative estimate of drug-likeness (QED) is 0.393. The van der Waals surface area contributed by atoms with Gasteiger partial charge < -0.3 is 14.8 Å². The number of fused-ring (bicyclic) bond motifs is 1. The maximum absolute atomic E-state index is 13.1. The van der Waals surface area contributed by atoms with Gasteiger partial charge in [0, 0.05) is 74.4 Å². The zero-order chi connectivity index (χ0) is 26.1. The van der Waals surface area contributed by atoms with Gasteiger partial charge in [-0.1, -0.05) is 35.3 Å². The number of hydrogen-bond donors (Lipinski definition) is 1. The van der Waals surface area contributed by atoms with E-state index >= 15 is 0 Å². The number of likely N-dealkylation sites (N-methyl/N-ethyl adjacent to an activating group) is 1. The molecular weight excluding hydrogens is 509 g/mol. The van der Waals surface area contributed by atoms with Gasteiger partial charge >= 0.3 is 0 Å². The number of hydrogen-bond acceptors (Lipinski definition) is 5. The Hall–Kier alpha value is -3.23. The Morgan fingerprint density at radius 3 is 2.32 bits per heavy atom. The van der Waals surface area contributed by atoms with Crippen LogP contribution < -0.4 is 10.9 Å². The fourth-order valence-electron chi connectivity index (χ4n) is 4.63. The Bertz CT molecular complexity index is 1500. The summed E-state index contributed by atoms with van der Waals surface area (Å²) in [6.07, 6.45) is 3.32. The van der Waals surface area contributed by atoms with Crippen molar-refractivity contribution in [3.8, 4) is 11.1 Å². The Morgan fingerprint density at radius 2 is 1.65 bits per heavy atom. The molecule has 37 heavy (non-hydrogen) atoms. The second-order valence-corrected chi connectivity index (χ2v) is 10.2. The van der Waals surface area contributed by atoms with E-state index in [1.807, 2.05) is 24.3 Å². The molecule has 0 atom stereocenters. The van der Waals surface area contributed by atoms with Crippen LogP contribution in [0.15, 0.2) is 65.7 Å². The van der Waals surface area contributed by atoms with E-state index in [0.29, 0.717) is 22.4 Å². The van der Waals surface area contributed by atoms with Gasteiger partial charge in [0.25, 0.3) is 11.5 Å². The highest BCUT2D eigenvalue weighted by Crippen LogP contribution is 2.37. The molecule has 0 unspecified atom stereocenters. The number of carbonyl (C=O) groups excluding carboxylic acids is 1. The molecule has 3 heterocycles. The normalized spacial score (nSPS) is 14.7. The predicted octanol–water partition coefficient (Wildman–Crippen LogP) is 4.91. The zero-order valence-electron chi connectivity index (χ0n) is 20.7. The lowest BCUT2D eigenvalue weighted by Gasteiger charge is -2.32. The monoisotopic (exact) mass is 535 g/mol. The second-order valence-electron chi connectivity index (χ2n) is 9.40. The molecule has 1 fully saturated rings. The van der Waals surface area contributed by atoms with Gasteiger partial charge in [0.2, 0.25) is 0 Å². The van der Waals surface area contributed by atoms with Crippen LogP contribution in [0.5, 0.6) is 0 Å². The van der Waals surface area contributed by atoms with Crippen LogP contribution in [0.1, 0.15) is 15.9 Å². The third-order valence-electron chi connectivity index (χ3n) is 6.81. The topological polar surface area (TPSA) is 70.5 Å². The lowest BCUT2D eigenvalue weighted by atomic mass is 10.0. The van der Waals surface area contributed by atoms with Crippen LogP contribution >= 0.6 is 23.2 Å². The molecule has 1 aliphatic rings. The van der Waals surface area contributed by atoms with Gasteiger partial charge in [-0.15, -0.1) is 0 Å². The van der Waals surface area contributed by atoms with Gasteiger partial charge in [-0.25, -0.2) is 0 Å². The molecule has 0 aliphatic carbocycles. The summed E-state index contributed by atoms with van der Waals surface area (Å²) in [5, 5.41) is 4.19. The lowest BCUT2D eigenvalue weighted by molar-refractivity contribution is 0.102. The van der Waals surface area contributed by atoms with Crippen molar-refractivity contribution in [3.05, 3.63) is 92.5 Å². The minimum absolute atomic E-state index is 0.226. The first-order chi connectivity index (χ1) is 17.8. The first kappa shape index (κ1) is 25.4. The number of halogens is 2. The number of aryl methyl sites for hydroxylation is 1. The molecule has 1 aliphatic heterocycles. The van der Waals surface area contributed by atoms with Gasteiger partial charge in [0.05, 0.1) is 21.1 Å². The van der Waals surface area contributed by atoms with Gasteiger partial charge in [-0.2, -0.15) is 0 Å². The molecule has 7 nitrogen and oxygen atoms in total. The van der Waals surface area contributed by atoms with Crippen LogP contribution in [0.25, 0.3) is 22.0 Å². The lowest BCUT2D eigenvalue weighted by Crippen LogP contribution is -2.43. The number of rotatable bonds is 5. The van der Waals surface area contributed by atoms with Gasteiger partial charge in [0.1, 0.15) is 0 Å². The highest BCUT2D eigenvalue weighted by atomic mass is 35.5. The van der Waals surface area contributed by atoms with E-state index in [4.69, 9.17) is 23.2 Å². The summed E-state index contributed by atoms with van der Waals surface area (Å²) in [6.45, 7) is 5.08. The van der Waals surface area contributed by atoms with Gasteiger partial charge in [-0.3, -0.25) is 19.5 Å². The number of nitrogens with one attached hydrogen (secondary N) is 1. The summed E-state index contributed by atoms with van der Waals surface area (Å²) < 4.78 is 1.54. The highest BCUT2D eigenvalue weighted by Gasteiger charge is 2.18. The molecule has 0 spiro atoms. The Kier molecular flexibility index (Phi) is 7.31. The first-order valence-corrected chi connectivity index (χ1v) is 12.8. The van der Waals surface area contributed by atoms with Crippen molar-refractivity contribution in [1.29, 1.82) is 0 Å². The smallest absolute Gasteiger partial charge is 0.258 e. The standard InChI is InChI=1S/C28H27Cl2N5O2/c1-33-9-11-35(12-10-33)17-18-3-5-19(6-4-18)27(36)32-21-14-23(29)26(24(30)15-21)22-13-20-16-31-8-7-25(20)34(2)28(22)37/h3-8,13-16H,9-12,17H2,1-2H3,(H,32,36). The Balaban J connectivity index is 1.34. The Morgan fingerprint density at radius 1 is 0.973 bits per heavy atom. The minimum Gasteiger partial charge on any atom is -0.322 e. The van der Waals surface area contributed by atoms with E-state index < -0.39 is 0 Å². The van der Waals surface area contributed by atoms with Crippen LogP contribution in [0, 0.1) is 0 Å². The third-order valence-corrected chi connectivity index (χ3v) is 7.41. The largest absolute Gasteiger partial charge is 0.322 e. The van der Waals surface area contributed by atoms with Crippen molar-refractivity contribution in [3.63, 3.8) is 0 Å². The number of aromatic nitrogens is 2. The molecule has 4 aromatic rings. The first-order valence-electron chi connectivity index (χ1n) is 12.0. The molecule has 0 saturated carbocycles. The third kappa shape index (κ3) is 5.40. The molecule has 0 bridgehead atoms. The van der Waals surface area contributed by atoms with E-state index in [2.05, 4.69) is 27.1 Å². The number of benzene rings is 2. The molecule has 1 saturated heterocycles. The summed E-state index contributed by atoms with van der Waals surface area (Å²) in [5.41, 5.74) is 3.47. The zero-order valence-corrected chi connectivity index (χ0v) is 22.2. The van der Waals surface area contributed by atoms with E-state index in [-0.39, 0.29) is 21.5 Å². The summed E-state index contributed by atoms with van der Waals surface area (Å²) in [6, 6.07) is 14.4. The van der Waals surface area contributed by atoms with Gasteiger partial charge in [0.15, 0.2) is 0 Å². The van der Waals surface area contributed by atoms with Crippen LogP contribution in [-0.2, 0) is 13.6 Å². The van der Waals surface area contributed by atoms with E-state index in [1.165, 1.54) is 5.56 Å². The number of nitrogens with zero attached hydrogens (tertiary/aromatic N) is 4. The van der Waals surface area contributed by atoms with E-state index in [1.54, 1.807) is 48.3 Å². The van der Waals surface area contributed by atoms with Crippen molar-refractivity contribution in [2.75, 3.05) is 38.5 Å². The average molecular weight is 536 g/mol. The molecule has 1 N–H and O–H groups in total. The molecule has 0 radical (unpaired) electrons. The summed E-state index contributed by atoms with van der Waals surface area (Å²) >= 11 is 13.2. The van der Waals surface area contributed by atoms with Crippen molar-refractivity contribution in [2.45, 2.75) is 6.54 Å². The van der Waals surface area contributed by atoms with Gasteiger partial charge in [-0.05, 0) is 49.0 Å². The van der Waals surface area contributed by atoms with Crippen LogP contribution in [0.2, 0.25) is 10.0 Å². The molecule has 2 aromatic heterocycles. The van der Waals surface area contributed by atoms with Crippen LogP contribution in [0.3, 0.4) is 0 Å². The molecule has 190 valence electrons. The van der Waals surface area contributed by atoms with E-state index in [9.17, 15) is 9.59 Å². The van der Waals surface area contributed by atoms with Crippen LogP contribution in [-0.4, -0.2) is 58.5 Å². The van der Waals surface area contributed by atoms with Crippen molar-refractivity contribution < 1.29 is 4.79 Å². The fourth-order valence-corrected chi connectivity index (χ4v) is 5.32. The van der Waals surface area contributed by atoms with Crippen molar-refractivity contribution in [1.82, 2.24) is 19.4 Å². The molecule has 9 heteroatoms. The Labute approximate surface area is 225 Å². The average Bonchev–Trinajstić information content (AvgIpc) is 2.88. The second kappa shape index (κ2) is 10.6. The fraction of sp³-hybridized carbons (Fsp3) is 0.250. The number of piperazine rings is 1. The molecular formula is C28H27Cl2N5O2.